The number of carbonyl (C=O) groups excluding carboxylic acids is 3. The second kappa shape index (κ2) is 12.1. The smallest absolute Gasteiger partial charge is 0.331 e. The van der Waals surface area contributed by atoms with Crippen LogP contribution in [0.15, 0.2) is 40.4 Å². The second-order valence-electron chi connectivity index (χ2n) is 7.57. The van der Waals surface area contributed by atoms with E-state index in [0.717, 1.165) is 11.3 Å². The molecule has 4 amide bonds. The van der Waals surface area contributed by atoms with Gasteiger partial charge in [-0.05, 0) is 63.8 Å². The van der Waals surface area contributed by atoms with Crippen LogP contribution in [0.1, 0.15) is 24.5 Å². The minimum atomic E-state index is -0.816. The summed E-state index contributed by atoms with van der Waals surface area (Å²) in [6.07, 6.45) is 7.46. The van der Waals surface area contributed by atoms with E-state index in [2.05, 4.69) is 27.2 Å². The number of nitrogens with zero attached hydrogens (tertiary/aromatic N) is 1. The van der Waals surface area contributed by atoms with Crippen molar-refractivity contribution in [3.63, 3.8) is 0 Å². The Labute approximate surface area is 217 Å². The predicted molar refractivity (Wildman–Crippen MR) is 136 cm³/mol. The van der Waals surface area contributed by atoms with Crippen LogP contribution in [0.3, 0.4) is 0 Å². The summed E-state index contributed by atoms with van der Waals surface area (Å²) in [5.74, 6) is 2.60. The van der Waals surface area contributed by atoms with Crippen LogP contribution in [0.4, 0.5) is 4.79 Å². The Morgan fingerprint density at radius 3 is 2.47 bits per heavy atom. The van der Waals surface area contributed by atoms with Gasteiger partial charge in [-0.15, -0.1) is 6.42 Å². The molecule has 0 atom stereocenters. The monoisotopic (exact) mass is 556 g/mol. The zero-order valence-electron chi connectivity index (χ0n) is 20.1. The third-order valence-corrected chi connectivity index (χ3v) is 5.67. The molecule has 2 aromatic carbocycles. The number of nitrogens with one attached hydrogen (secondary N) is 1. The summed E-state index contributed by atoms with van der Waals surface area (Å²) in [5, 5.41) is 2.21. The molecule has 0 aliphatic carbocycles. The lowest BCUT2D eigenvalue weighted by molar-refractivity contribution is -0.130. The molecule has 1 N–H and O–H groups in total. The van der Waals surface area contributed by atoms with Gasteiger partial charge in [-0.3, -0.25) is 19.8 Å². The maximum atomic E-state index is 13.2. The number of methoxy groups -OCH3 is 2. The van der Waals surface area contributed by atoms with Crippen LogP contribution in [-0.4, -0.2) is 50.2 Å². The molecule has 0 unspecified atom stereocenters. The van der Waals surface area contributed by atoms with Crippen LogP contribution in [0.5, 0.6) is 23.0 Å². The first-order valence-corrected chi connectivity index (χ1v) is 11.7. The van der Waals surface area contributed by atoms with Crippen molar-refractivity contribution in [3.05, 3.63) is 51.5 Å². The van der Waals surface area contributed by atoms with Gasteiger partial charge in [-0.25, -0.2) is 4.79 Å². The number of urea groups is 1. The Morgan fingerprint density at radius 2 is 1.81 bits per heavy atom. The summed E-state index contributed by atoms with van der Waals surface area (Å²) in [6.45, 7) is 2.47. The lowest BCUT2D eigenvalue weighted by Crippen LogP contribution is -2.53. The van der Waals surface area contributed by atoms with E-state index in [0.29, 0.717) is 45.2 Å². The quantitative estimate of drug-likeness (QED) is 0.268. The van der Waals surface area contributed by atoms with E-state index >= 15 is 0 Å². The summed E-state index contributed by atoms with van der Waals surface area (Å²) in [6, 6.07) is 7.54. The highest BCUT2D eigenvalue weighted by molar-refractivity contribution is 9.10. The molecule has 0 bridgehead atoms. The Hall–Kier alpha value is -3.97. The van der Waals surface area contributed by atoms with Crippen LogP contribution in [0.2, 0.25) is 0 Å². The van der Waals surface area contributed by atoms with Gasteiger partial charge in [0, 0.05) is 0 Å². The first kappa shape index (κ1) is 26.6. The molecule has 0 saturated carbocycles. The topological polar surface area (TPSA) is 103 Å². The molecule has 1 heterocycles. The Morgan fingerprint density at radius 1 is 1.06 bits per heavy atom. The number of benzene rings is 2. The van der Waals surface area contributed by atoms with Gasteiger partial charge >= 0.3 is 6.03 Å². The van der Waals surface area contributed by atoms with Crippen LogP contribution in [-0.2, 0) is 16.1 Å². The van der Waals surface area contributed by atoms with E-state index in [1.54, 1.807) is 30.3 Å². The lowest BCUT2D eigenvalue weighted by atomic mass is 10.1. The first-order valence-electron chi connectivity index (χ1n) is 10.9. The van der Waals surface area contributed by atoms with E-state index < -0.39 is 17.8 Å². The highest BCUT2D eigenvalue weighted by Gasteiger charge is 2.36. The van der Waals surface area contributed by atoms with Crippen molar-refractivity contribution >= 4 is 39.9 Å². The van der Waals surface area contributed by atoms with Crippen molar-refractivity contribution in [2.75, 3.05) is 27.4 Å². The molecule has 3 rings (SSSR count). The van der Waals surface area contributed by atoms with Gasteiger partial charge in [-0.2, -0.15) is 0 Å². The number of barbiturate groups is 1. The summed E-state index contributed by atoms with van der Waals surface area (Å²) in [7, 11) is 2.96. The molecule has 0 aromatic heterocycles. The fourth-order valence-corrected chi connectivity index (χ4v) is 3.98. The van der Waals surface area contributed by atoms with Crippen LogP contribution < -0.4 is 24.3 Å². The van der Waals surface area contributed by atoms with Crippen molar-refractivity contribution in [3.8, 4) is 35.3 Å². The van der Waals surface area contributed by atoms with E-state index in [-0.39, 0.29) is 18.7 Å². The number of imide groups is 2. The molecule has 188 valence electrons. The Kier molecular flexibility index (Phi) is 8.97. The molecule has 0 radical (unpaired) electrons. The average molecular weight is 557 g/mol. The Balaban J connectivity index is 1.90. The third kappa shape index (κ3) is 5.98. The number of hydrogen-bond donors (Lipinski definition) is 1. The second-order valence-corrected chi connectivity index (χ2v) is 8.42. The zero-order valence-corrected chi connectivity index (χ0v) is 21.6. The third-order valence-electron chi connectivity index (χ3n) is 5.08. The number of amides is 4. The highest BCUT2D eigenvalue weighted by Crippen LogP contribution is 2.37. The number of terminal acetylenes is 1. The summed E-state index contributed by atoms with van der Waals surface area (Å²) < 4.78 is 22.4. The normalized spacial score (nSPS) is 14.4. The molecule has 1 aliphatic heterocycles. The number of ether oxygens (including phenoxy) is 4. The molecule has 36 heavy (non-hydrogen) atoms. The fourth-order valence-electron chi connectivity index (χ4n) is 3.41. The van der Waals surface area contributed by atoms with Crippen molar-refractivity contribution in [1.29, 1.82) is 0 Å². The van der Waals surface area contributed by atoms with Crippen LogP contribution >= 0.6 is 15.9 Å². The zero-order chi connectivity index (χ0) is 26.2. The lowest BCUT2D eigenvalue weighted by Gasteiger charge is -2.26. The van der Waals surface area contributed by atoms with Gasteiger partial charge in [0.1, 0.15) is 12.2 Å². The van der Waals surface area contributed by atoms with E-state index in [9.17, 15) is 14.4 Å². The molecular formula is C26H25BrN2O7. The van der Waals surface area contributed by atoms with Crippen LogP contribution in [0, 0.1) is 12.3 Å². The molecule has 1 saturated heterocycles. The van der Waals surface area contributed by atoms with Gasteiger partial charge in [0.15, 0.2) is 23.0 Å². The van der Waals surface area contributed by atoms with Crippen molar-refractivity contribution in [2.45, 2.75) is 19.9 Å². The maximum absolute atomic E-state index is 13.2. The summed E-state index contributed by atoms with van der Waals surface area (Å²) in [5.41, 5.74) is 0.877. The number of halogens is 1. The fraction of sp³-hybridized carbons (Fsp3) is 0.269. The SMILES string of the molecule is C#CCOc1c(Br)cc(/C=C2\C(=O)NC(=O)N(Cc3ccc(OCCC)c(OC)c3)C2=O)cc1OC. The van der Waals surface area contributed by atoms with Gasteiger partial charge in [-0.1, -0.05) is 18.9 Å². The average Bonchev–Trinajstić information content (AvgIpc) is 2.87. The number of rotatable bonds is 10. The molecular weight excluding hydrogens is 532 g/mol. The minimum absolute atomic E-state index is 0.0316. The van der Waals surface area contributed by atoms with Gasteiger partial charge < -0.3 is 18.9 Å². The van der Waals surface area contributed by atoms with Gasteiger partial charge in [0.25, 0.3) is 11.8 Å². The van der Waals surface area contributed by atoms with Gasteiger partial charge in [0.2, 0.25) is 0 Å². The molecule has 2 aromatic rings. The van der Waals surface area contributed by atoms with E-state index in [1.807, 2.05) is 6.92 Å². The van der Waals surface area contributed by atoms with E-state index in [4.69, 9.17) is 25.4 Å². The molecule has 10 heteroatoms. The summed E-state index contributed by atoms with van der Waals surface area (Å²) in [4.78, 5) is 39.2. The van der Waals surface area contributed by atoms with Crippen LogP contribution in [0.25, 0.3) is 6.08 Å². The summed E-state index contributed by atoms with van der Waals surface area (Å²) >= 11 is 3.39. The number of hydrogen-bond acceptors (Lipinski definition) is 7. The van der Waals surface area contributed by atoms with E-state index in [1.165, 1.54) is 20.3 Å². The molecule has 9 nitrogen and oxygen atoms in total. The largest absolute Gasteiger partial charge is 0.493 e. The van der Waals surface area contributed by atoms with Crippen molar-refractivity contribution in [1.82, 2.24) is 10.2 Å². The predicted octanol–water partition coefficient (Wildman–Crippen LogP) is 3.93. The van der Waals surface area contributed by atoms with Gasteiger partial charge in [0.05, 0.1) is 31.8 Å². The molecule has 1 aliphatic rings. The standard InChI is InChI=1S/C26H25BrN2O7/c1-5-9-35-20-8-7-16(13-21(20)33-3)15-29-25(31)18(24(30)28-26(29)32)11-17-12-19(27)23(36-10-6-2)22(14-17)34-4/h2,7-8,11-14H,5,9-10,15H2,1,3-4H3,(H,28,30,32)/b18-11+. The number of carbonyl (C=O) groups is 3. The highest BCUT2D eigenvalue weighted by atomic mass is 79.9. The first-order chi connectivity index (χ1) is 17.3. The molecule has 0 spiro atoms. The maximum Gasteiger partial charge on any atom is 0.331 e. The molecule has 1 fully saturated rings. The Bertz CT molecular complexity index is 1250. The minimum Gasteiger partial charge on any atom is -0.493 e. The van der Waals surface area contributed by atoms with Crippen molar-refractivity contribution in [2.24, 2.45) is 0 Å². The van der Waals surface area contributed by atoms with Crippen molar-refractivity contribution < 1.29 is 33.3 Å².